The number of pyridine rings is 1. The van der Waals surface area contributed by atoms with E-state index in [0.717, 1.165) is 0 Å². The van der Waals surface area contributed by atoms with Gasteiger partial charge in [0.15, 0.2) is 6.10 Å². The second-order valence-corrected chi connectivity index (χ2v) is 3.04. The molecule has 1 aromatic rings. The zero-order valence-corrected chi connectivity index (χ0v) is 8.00. The maximum Gasteiger partial charge on any atom is 0.352 e. The van der Waals surface area contributed by atoms with Crippen LogP contribution in [0.3, 0.4) is 0 Å². The fourth-order valence-corrected chi connectivity index (χ4v) is 1.04. The molecule has 0 bridgehead atoms. The van der Waals surface area contributed by atoms with Crippen LogP contribution in [0.25, 0.3) is 0 Å². The van der Waals surface area contributed by atoms with Gasteiger partial charge in [0.25, 0.3) is 0 Å². The van der Waals surface area contributed by atoms with E-state index < -0.39 is 11.5 Å². The van der Waals surface area contributed by atoms with Crippen LogP contribution in [0.1, 0.15) is 11.8 Å². The number of hydrogen-bond acceptors (Lipinski definition) is 3. The van der Waals surface area contributed by atoms with Crippen LogP contribution >= 0.6 is 11.6 Å². The van der Waals surface area contributed by atoms with Crippen LogP contribution in [0.5, 0.6) is 5.75 Å². The number of ether oxygens (including phenoxy) is 1. The van der Waals surface area contributed by atoms with Crippen LogP contribution in [-0.2, 0) is 0 Å². The summed E-state index contributed by atoms with van der Waals surface area (Å²) in [5.41, 5.74) is -0.282. The maximum absolute atomic E-state index is 12.5. The minimum absolute atomic E-state index is 0.0697. The molecule has 0 radical (unpaired) electrons. The van der Waals surface area contributed by atoms with Crippen molar-refractivity contribution in [3.05, 3.63) is 24.0 Å². The lowest BCUT2D eigenvalue weighted by molar-refractivity contribution is -0.0456. The third kappa shape index (κ3) is 2.30. The van der Waals surface area contributed by atoms with Crippen LogP contribution in [0.15, 0.2) is 18.3 Å². The van der Waals surface area contributed by atoms with Crippen molar-refractivity contribution in [3.8, 4) is 5.75 Å². The number of aromatic nitrogens is 1. The van der Waals surface area contributed by atoms with Gasteiger partial charge in [-0.15, -0.1) is 0 Å². The summed E-state index contributed by atoms with van der Waals surface area (Å²) in [4.78, 5) is 3.58. The van der Waals surface area contributed by atoms with Gasteiger partial charge in [-0.1, -0.05) is 0 Å². The molecule has 0 amide bonds. The van der Waals surface area contributed by atoms with E-state index in [1.54, 1.807) is 0 Å². The highest BCUT2D eigenvalue weighted by Crippen LogP contribution is 2.37. The number of alkyl halides is 3. The molecule has 1 aromatic heterocycles. The van der Waals surface area contributed by atoms with Crippen molar-refractivity contribution >= 4 is 11.6 Å². The highest BCUT2D eigenvalue weighted by molar-refractivity contribution is 6.22. The third-order valence-electron chi connectivity index (χ3n) is 1.59. The van der Waals surface area contributed by atoms with Gasteiger partial charge in [-0.3, -0.25) is 4.98 Å². The molecule has 1 N–H and O–H groups in total. The van der Waals surface area contributed by atoms with E-state index in [-0.39, 0.29) is 11.4 Å². The van der Waals surface area contributed by atoms with Gasteiger partial charge in [-0.05, 0) is 23.7 Å². The molecular weight excluding hydrogens is 216 g/mol. The molecular formula is C8H8ClF2NO2. The average molecular weight is 224 g/mol. The summed E-state index contributed by atoms with van der Waals surface area (Å²) >= 11 is 4.67. The summed E-state index contributed by atoms with van der Waals surface area (Å²) in [7, 11) is 1.29. The number of nitrogens with zero attached hydrogens (tertiary/aromatic N) is 1. The lowest BCUT2D eigenvalue weighted by Crippen LogP contribution is -2.20. The maximum atomic E-state index is 12.5. The Labute approximate surface area is 84.3 Å². The SMILES string of the molecule is COc1cccnc1C(O)C(F)(F)Cl. The topological polar surface area (TPSA) is 42.4 Å². The van der Waals surface area contributed by atoms with Crippen molar-refractivity contribution in [1.82, 2.24) is 4.98 Å². The van der Waals surface area contributed by atoms with E-state index in [1.165, 1.54) is 25.4 Å². The molecule has 0 aromatic carbocycles. The second-order valence-electron chi connectivity index (χ2n) is 2.54. The highest BCUT2D eigenvalue weighted by atomic mass is 35.5. The normalized spacial score (nSPS) is 13.8. The average Bonchev–Trinajstić information content (AvgIpc) is 2.15. The Kier molecular flexibility index (Phi) is 3.23. The Morgan fingerprint density at radius 3 is 2.79 bits per heavy atom. The van der Waals surface area contributed by atoms with Crippen LogP contribution in [0.2, 0.25) is 0 Å². The van der Waals surface area contributed by atoms with E-state index in [1.807, 2.05) is 0 Å². The van der Waals surface area contributed by atoms with Gasteiger partial charge in [0.2, 0.25) is 0 Å². The van der Waals surface area contributed by atoms with Gasteiger partial charge >= 0.3 is 5.38 Å². The van der Waals surface area contributed by atoms with Gasteiger partial charge in [0, 0.05) is 6.20 Å². The Hall–Kier alpha value is -0.940. The first-order valence-electron chi connectivity index (χ1n) is 3.70. The van der Waals surface area contributed by atoms with Crippen molar-refractivity contribution in [2.45, 2.75) is 11.5 Å². The Morgan fingerprint density at radius 2 is 2.29 bits per heavy atom. The smallest absolute Gasteiger partial charge is 0.352 e. The van der Waals surface area contributed by atoms with E-state index in [4.69, 9.17) is 9.84 Å². The van der Waals surface area contributed by atoms with E-state index in [2.05, 4.69) is 16.6 Å². The Morgan fingerprint density at radius 1 is 1.64 bits per heavy atom. The molecule has 1 heterocycles. The highest BCUT2D eigenvalue weighted by Gasteiger charge is 2.39. The zero-order chi connectivity index (χ0) is 10.8. The van der Waals surface area contributed by atoms with Crippen LogP contribution in [0, 0.1) is 0 Å². The number of hydrogen-bond donors (Lipinski definition) is 1. The van der Waals surface area contributed by atoms with Gasteiger partial charge in [-0.2, -0.15) is 8.78 Å². The summed E-state index contributed by atoms with van der Waals surface area (Å²) in [6.07, 6.45) is -0.913. The van der Waals surface area contributed by atoms with Crippen molar-refractivity contribution in [1.29, 1.82) is 0 Å². The molecule has 1 atom stereocenters. The summed E-state index contributed by atoms with van der Waals surface area (Å²) in [6, 6.07) is 2.91. The first-order chi connectivity index (χ1) is 6.46. The molecule has 1 rings (SSSR count). The number of aliphatic hydroxyl groups is 1. The molecule has 14 heavy (non-hydrogen) atoms. The van der Waals surface area contributed by atoms with Gasteiger partial charge in [-0.25, -0.2) is 0 Å². The van der Waals surface area contributed by atoms with E-state index >= 15 is 0 Å². The second kappa shape index (κ2) is 4.06. The van der Waals surface area contributed by atoms with Gasteiger partial charge in [0.05, 0.1) is 7.11 Å². The Bertz CT molecular complexity index is 316. The van der Waals surface area contributed by atoms with Crippen molar-refractivity contribution in [3.63, 3.8) is 0 Å². The largest absolute Gasteiger partial charge is 0.495 e. The van der Waals surface area contributed by atoms with Crippen molar-refractivity contribution in [2.75, 3.05) is 7.11 Å². The predicted octanol–water partition coefficient (Wildman–Crippen LogP) is 1.96. The first kappa shape index (κ1) is 11.1. The number of aliphatic hydroxyl groups excluding tert-OH is 1. The summed E-state index contributed by atoms with van der Waals surface area (Å²) in [5.74, 6) is 0.0697. The zero-order valence-electron chi connectivity index (χ0n) is 7.25. The quantitative estimate of drug-likeness (QED) is 0.797. The van der Waals surface area contributed by atoms with Gasteiger partial charge in [0.1, 0.15) is 11.4 Å². The molecule has 78 valence electrons. The minimum Gasteiger partial charge on any atom is -0.495 e. The van der Waals surface area contributed by atoms with E-state index in [9.17, 15) is 8.78 Å². The van der Waals surface area contributed by atoms with Crippen molar-refractivity contribution in [2.24, 2.45) is 0 Å². The Balaban J connectivity index is 3.06. The molecule has 6 heteroatoms. The molecule has 0 fully saturated rings. The lowest BCUT2D eigenvalue weighted by atomic mass is 10.2. The molecule has 0 aliphatic rings. The molecule has 3 nitrogen and oxygen atoms in total. The predicted molar refractivity (Wildman–Crippen MR) is 46.5 cm³/mol. The lowest BCUT2D eigenvalue weighted by Gasteiger charge is -2.17. The van der Waals surface area contributed by atoms with Gasteiger partial charge < -0.3 is 9.84 Å². The molecule has 0 saturated heterocycles. The van der Waals surface area contributed by atoms with Crippen molar-refractivity contribution < 1.29 is 18.6 Å². The first-order valence-corrected chi connectivity index (χ1v) is 4.08. The fourth-order valence-electron chi connectivity index (χ4n) is 0.936. The molecule has 0 aliphatic carbocycles. The minimum atomic E-state index is -3.76. The molecule has 1 unspecified atom stereocenters. The fraction of sp³-hybridized carbons (Fsp3) is 0.375. The van der Waals surface area contributed by atoms with Crippen LogP contribution in [-0.4, -0.2) is 22.6 Å². The summed E-state index contributed by atoms with van der Waals surface area (Å²) in [6.45, 7) is 0. The van der Waals surface area contributed by atoms with E-state index in [0.29, 0.717) is 0 Å². The van der Waals surface area contributed by atoms with Crippen LogP contribution < -0.4 is 4.74 Å². The summed E-state index contributed by atoms with van der Waals surface area (Å²) in [5, 5.41) is 5.38. The molecule has 0 aliphatic heterocycles. The van der Waals surface area contributed by atoms with Crippen LogP contribution in [0.4, 0.5) is 8.78 Å². The number of rotatable bonds is 3. The molecule has 0 saturated carbocycles. The number of methoxy groups -OCH3 is 1. The monoisotopic (exact) mass is 223 g/mol. The molecule has 0 spiro atoms. The number of halogens is 3. The third-order valence-corrected chi connectivity index (χ3v) is 1.80. The standard InChI is InChI=1S/C8H8ClF2NO2/c1-14-5-3-2-4-12-6(5)7(13)8(9,10)11/h2-4,7,13H,1H3. The summed E-state index contributed by atoms with van der Waals surface area (Å²) < 4.78 is 29.8.